The third-order valence-electron chi connectivity index (χ3n) is 5.62. The van der Waals surface area contributed by atoms with E-state index in [2.05, 4.69) is 10.6 Å². The van der Waals surface area contributed by atoms with Crippen LogP contribution in [0.15, 0.2) is 54.6 Å². The van der Waals surface area contributed by atoms with Crippen LogP contribution in [0.1, 0.15) is 30.1 Å². The Balaban J connectivity index is 1.41. The van der Waals surface area contributed by atoms with Crippen molar-refractivity contribution in [3.8, 4) is 0 Å². The summed E-state index contributed by atoms with van der Waals surface area (Å²) in [5.41, 5.74) is 0.489. The quantitative estimate of drug-likeness (QED) is 0.333. The molecule has 0 saturated carbocycles. The molecule has 0 spiro atoms. The zero-order valence-corrected chi connectivity index (χ0v) is 19.1. The fourth-order valence-corrected chi connectivity index (χ4v) is 3.61. The molecule has 0 aromatic heterocycles. The van der Waals surface area contributed by atoms with E-state index in [0.717, 1.165) is 11.8 Å². The highest BCUT2D eigenvalue weighted by atomic mass is 16.6. The van der Waals surface area contributed by atoms with Gasteiger partial charge in [-0.15, -0.1) is 0 Å². The summed E-state index contributed by atoms with van der Waals surface area (Å²) in [4.78, 5) is 61.1. The Morgan fingerprint density at radius 2 is 1.77 bits per heavy atom. The van der Waals surface area contributed by atoms with Gasteiger partial charge in [0.2, 0.25) is 5.91 Å². The number of nitro groups is 1. The van der Waals surface area contributed by atoms with Crippen LogP contribution in [0, 0.1) is 16.0 Å². The first kappa shape index (κ1) is 25.3. The summed E-state index contributed by atoms with van der Waals surface area (Å²) < 4.78 is 5.04. The number of anilines is 1. The van der Waals surface area contributed by atoms with E-state index in [4.69, 9.17) is 4.74 Å². The molecule has 0 unspecified atom stereocenters. The normalized spacial score (nSPS) is 14.5. The van der Waals surface area contributed by atoms with E-state index in [1.807, 2.05) is 18.2 Å². The molecular weight excluding hydrogens is 456 g/mol. The van der Waals surface area contributed by atoms with E-state index in [0.29, 0.717) is 25.9 Å². The lowest BCUT2D eigenvalue weighted by molar-refractivity contribution is -0.384. The number of nitro benzene ring substituents is 1. The molecule has 1 saturated heterocycles. The van der Waals surface area contributed by atoms with Gasteiger partial charge < -0.3 is 20.3 Å². The number of amides is 3. The topological polar surface area (TPSA) is 148 Å². The van der Waals surface area contributed by atoms with Crippen molar-refractivity contribution in [3.05, 3.63) is 70.3 Å². The maximum Gasteiger partial charge on any atom is 0.328 e. The van der Waals surface area contributed by atoms with E-state index in [-0.39, 0.29) is 23.1 Å². The molecule has 2 aromatic rings. The van der Waals surface area contributed by atoms with E-state index in [9.17, 15) is 29.3 Å². The third kappa shape index (κ3) is 7.10. The fraction of sp³-hybridized carbons (Fsp3) is 0.333. The van der Waals surface area contributed by atoms with Gasteiger partial charge in [0.05, 0.1) is 4.92 Å². The molecule has 2 aromatic carbocycles. The second-order valence-electron chi connectivity index (χ2n) is 8.12. The lowest BCUT2D eigenvalue weighted by atomic mass is 9.95. The Hall–Kier alpha value is -4.28. The number of nitrogens with one attached hydrogen (secondary N) is 2. The summed E-state index contributed by atoms with van der Waals surface area (Å²) in [6, 6.07) is 13.2. The zero-order valence-electron chi connectivity index (χ0n) is 19.1. The van der Waals surface area contributed by atoms with Gasteiger partial charge in [0.1, 0.15) is 6.04 Å². The highest BCUT2D eigenvalue weighted by Gasteiger charge is 2.28. The summed E-state index contributed by atoms with van der Waals surface area (Å²) in [6.07, 6.45) is 0.988. The molecule has 35 heavy (non-hydrogen) atoms. The smallest absolute Gasteiger partial charge is 0.328 e. The number of rotatable bonds is 8. The maximum absolute atomic E-state index is 12.4. The first-order valence-electron chi connectivity index (χ1n) is 11.1. The van der Waals surface area contributed by atoms with Crippen molar-refractivity contribution < 1.29 is 28.8 Å². The number of hydrogen-bond donors (Lipinski definition) is 2. The number of carbonyl (C=O) groups is 4. The largest absolute Gasteiger partial charge is 0.454 e. The van der Waals surface area contributed by atoms with Gasteiger partial charge in [0.15, 0.2) is 6.61 Å². The molecule has 184 valence electrons. The minimum Gasteiger partial charge on any atom is -0.454 e. The van der Waals surface area contributed by atoms with Crippen LogP contribution in [0.3, 0.4) is 0 Å². The van der Waals surface area contributed by atoms with Gasteiger partial charge in [-0.2, -0.15) is 0 Å². The van der Waals surface area contributed by atoms with E-state index >= 15 is 0 Å². The van der Waals surface area contributed by atoms with E-state index in [1.165, 1.54) is 30.0 Å². The fourth-order valence-electron chi connectivity index (χ4n) is 3.61. The maximum atomic E-state index is 12.4. The van der Waals surface area contributed by atoms with E-state index in [1.54, 1.807) is 12.1 Å². The molecule has 0 radical (unpaired) electrons. The Morgan fingerprint density at radius 1 is 1.09 bits per heavy atom. The molecule has 1 fully saturated rings. The van der Waals surface area contributed by atoms with Gasteiger partial charge in [-0.25, -0.2) is 4.79 Å². The Labute approximate surface area is 201 Å². The molecule has 1 heterocycles. The molecule has 3 amide bonds. The molecule has 0 bridgehead atoms. The number of nitrogens with zero attached hydrogens (tertiary/aromatic N) is 2. The van der Waals surface area contributed by atoms with Gasteiger partial charge in [-0.1, -0.05) is 24.3 Å². The number of esters is 1. The lowest BCUT2D eigenvalue weighted by Crippen LogP contribution is -2.44. The van der Waals surface area contributed by atoms with Gasteiger partial charge in [-0.3, -0.25) is 24.5 Å². The van der Waals surface area contributed by atoms with Crippen LogP contribution in [-0.2, 0) is 19.1 Å². The number of para-hydroxylation sites is 1. The standard InChI is InChI=1S/C24H26N4O7/c1-16(25-23(31)18-6-5-9-20(14-18)28(33)34)24(32)35-15-21(29)27-12-10-17(11-13-27)22(30)26-19-7-3-2-4-8-19/h2-9,14,16-17H,10-13,15H2,1H3,(H,25,31)(H,26,30)/t16-/m0/s1. The number of likely N-dealkylation sites (tertiary alicyclic amines) is 1. The van der Waals surface area contributed by atoms with Gasteiger partial charge in [0, 0.05) is 42.4 Å². The van der Waals surface area contributed by atoms with Crippen molar-refractivity contribution >= 4 is 35.1 Å². The number of non-ortho nitro benzene ring substituents is 1. The molecule has 0 aliphatic carbocycles. The number of benzene rings is 2. The number of hydrogen-bond acceptors (Lipinski definition) is 7. The van der Waals surface area contributed by atoms with Crippen LogP contribution in [-0.4, -0.2) is 59.3 Å². The Kier molecular flexibility index (Phi) is 8.49. The van der Waals surface area contributed by atoms with Crippen molar-refractivity contribution in [2.45, 2.75) is 25.8 Å². The molecule has 1 atom stereocenters. The van der Waals surface area contributed by atoms with Gasteiger partial charge in [-0.05, 0) is 38.0 Å². The molecule has 11 nitrogen and oxygen atoms in total. The van der Waals surface area contributed by atoms with Crippen molar-refractivity contribution in [2.24, 2.45) is 5.92 Å². The van der Waals surface area contributed by atoms with Crippen molar-refractivity contribution in [2.75, 3.05) is 25.0 Å². The van der Waals surface area contributed by atoms with Crippen LogP contribution in [0.5, 0.6) is 0 Å². The van der Waals surface area contributed by atoms with E-state index < -0.39 is 35.4 Å². The van der Waals surface area contributed by atoms with Crippen molar-refractivity contribution in [3.63, 3.8) is 0 Å². The average Bonchev–Trinajstić information content (AvgIpc) is 2.87. The van der Waals surface area contributed by atoms with Crippen LogP contribution < -0.4 is 10.6 Å². The molecule has 11 heteroatoms. The number of ether oxygens (including phenoxy) is 1. The van der Waals surface area contributed by atoms with Crippen molar-refractivity contribution in [1.29, 1.82) is 0 Å². The zero-order chi connectivity index (χ0) is 25.4. The second-order valence-corrected chi connectivity index (χ2v) is 8.12. The summed E-state index contributed by atoms with van der Waals surface area (Å²) in [7, 11) is 0. The average molecular weight is 482 g/mol. The summed E-state index contributed by atoms with van der Waals surface area (Å²) in [6.45, 7) is 1.63. The summed E-state index contributed by atoms with van der Waals surface area (Å²) in [5, 5.41) is 16.1. The van der Waals surface area contributed by atoms with Crippen LogP contribution in [0.4, 0.5) is 11.4 Å². The predicted molar refractivity (Wildman–Crippen MR) is 125 cm³/mol. The SMILES string of the molecule is C[C@H](NC(=O)c1cccc([N+](=O)[O-])c1)C(=O)OCC(=O)N1CCC(C(=O)Nc2ccccc2)CC1. The number of piperidine rings is 1. The predicted octanol–water partition coefficient (Wildman–Crippen LogP) is 2.13. The summed E-state index contributed by atoms with van der Waals surface area (Å²) in [5.74, 6) is -2.19. The lowest BCUT2D eigenvalue weighted by Gasteiger charge is -2.31. The first-order valence-corrected chi connectivity index (χ1v) is 11.1. The molecule has 2 N–H and O–H groups in total. The molecule has 3 rings (SSSR count). The minimum absolute atomic E-state index is 0.0223. The van der Waals surface area contributed by atoms with Gasteiger partial charge in [0.25, 0.3) is 17.5 Å². The Bertz CT molecular complexity index is 1100. The minimum atomic E-state index is -1.07. The molecule has 1 aliphatic heterocycles. The van der Waals surface area contributed by atoms with Crippen LogP contribution >= 0.6 is 0 Å². The van der Waals surface area contributed by atoms with Crippen molar-refractivity contribution in [1.82, 2.24) is 10.2 Å². The highest BCUT2D eigenvalue weighted by Crippen LogP contribution is 2.20. The monoisotopic (exact) mass is 482 g/mol. The molecular formula is C24H26N4O7. The Morgan fingerprint density at radius 3 is 2.43 bits per heavy atom. The first-order chi connectivity index (χ1) is 16.7. The third-order valence-corrected chi connectivity index (χ3v) is 5.62. The van der Waals surface area contributed by atoms with Crippen LogP contribution in [0.25, 0.3) is 0 Å². The second kappa shape index (κ2) is 11.7. The summed E-state index contributed by atoms with van der Waals surface area (Å²) >= 11 is 0. The highest BCUT2D eigenvalue weighted by molar-refractivity contribution is 5.97. The molecule has 1 aliphatic rings. The number of carbonyl (C=O) groups excluding carboxylic acids is 4. The van der Waals surface area contributed by atoms with Crippen LogP contribution in [0.2, 0.25) is 0 Å². The van der Waals surface area contributed by atoms with Gasteiger partial charge >= 0.3 is 5.97 Å².